The summed E-state index contributed by atoms with van der Waals surface area (Å²) in [5.74, 6) is -0.0352. The minimum atomic E-state index is -0.525. The zero-order chi connectivity index (χ0) is 31.2. The lowest BCUT2D eigenvalue weighted by molar-refractivity contribution is 0.176. The number of nitrogens with zero attached hydrogens (tertiary/aromatic N) is 2. The highest BCUT2D eigenvalue weighted by atomic mass is 35.5. The highest BCUT2D eigenvalue weighted by Crippen LogP contribution is 2.32. The van der Waals surface area contributed by atoms with Crippen LogP contribution in [-0.4, -0.2) is 52.7 Å². The second kappa shape index (κ2) is 14.5. The quantitative estimate of drug-likeness (QED) is 0.103. The summed E-state index contributed by atoms with van der Waals surface area (Å²) >= 11 is 6.28. The van der Waals surface area contributed by atoms with E-state index in [9.17, 15) is 4.79 Å². The molecule has 0 amide bonds. The van der Waals surface area contributed by atoms with Gasteiger partial charge in [0.05, 0.1) is 28.8 Å². The predicted octanol–water partition coefficient (Wildman–Crippen LogP) is 5.63. The van der Waals surface area contributed by atoms with Gasteiger partial charge in [-0.15, -0.1) is 0 Å². The SMILES string of the molecule is COC[C@H](N)CCCc1cc(Cl)c(F)c(-c2cc3cn(-c4ccc([C@@H]5CCC[C@@H](CCNC(C)=N)N5)cc4)c(=O)nc3[nH]2)c1. The molecule has 3 atom stereocenters. The Balaban J connectivity index is 1.32. The first-order chi connectivity index (χ1) is 21.2. The van der Waals surface area contributed by atoms with Gasteiger partial charge in [-0.05, 0) is 86.9 Å². The summed E-state index contributed by atoms with van der Waals surface area (Å²) < 4.78 is 21.8. The van der Waals surface area contributed by atoms with E-state index in [0.29, 0.717) is 52.9 Å². The second-order valence-electron chi connectivity index (χ2n) is 11.7. The number of halogens is 2. The number of rotatable bonds is 12. The van der Waals surface area contributed by atoms with Gasteiger partial charge in [0.2, 0.25) is 0 Å². The Bertz CT molecular complexity index is 1650. The molecule has 6 N–H and O–H groups in total. The molecule has 0 spiro atoms. The zero-order valence-electron chi connectivity index (χ0n) is 25.3. The highest BCUT2D eigenvalue weighted by Gasteiger charge is 2.22. The molecule has 0 unspecified atom stereocenters. The van der Waals surface area contributed by atoms with Crippen LogP contribution in [0.5, 0.6) is 0 Å². The van der Waals surface area contributed by atoms with E-state index in [1.165, 1.54) is 10.1 Å². The van der Waals surface area contributed by atoms with Crippen molar-refractivity contribution in [3.05, 3.63) is 81.1 Å². The molecular weight excluding hydrogens is 581 g/mol. The van der Waals surface area contributed by atoms with E-state index in [0.717, 1.165) is 50.6 Å². The summed E-state index contributed by atoms with van der Waals surface area (Å²) in [4.78, 5) is 20.4. The van der Waals surface area contributed by atoms with Crippen molar-refractivity contribution in [3.8, 4) is 16.9 Å². The lowest BCUT2D eigenvalue weighted by Gasteiger charge is -2.31. The zero-order valence-corrected chi connectivity index (χ0v) is 26.0. The topological polar surface area (TPSA) is 134 Å². The van der Waals surface area contributed by atoms with Gasteiger partial charge in [-0.3, -0.25) is 9.98 Å². The van der Waals surface area contributed by atoms with Gasteiger partial charge in [-0.25, -0.2) is 9.18 Å². The molecule has 1 aliphatic heterocycles. The van der Waals surface area contributed by atoms with Crippen LogP contribution in [-0.2, 0) is 11.2 Å². The average molecular weight is 622 g/mol. The number of fused-ring (bicyclic) bond motifs is 1. The standard InChI is InChI=1S/C33H41ClFN7O2/c1-20(36)38-14-13-25-7-4-8-29(39-25)22-9-11-26(12-10-22)42-18-23-17-30(40-32(23)41-33(42)43)27-15-21(16-28(34)31(27)35)5-3-6-24(37)19-44-2/h9-12,15-18,24-25,29,39H,3-8,13-14,19,37H2,1-2H3,(H2,36,38)(H,40,41,43)/t24-,25+,29+/m1/s1. The summed E-state index contributed by atoms with van der Waals surface area (Å²) in [6.07, 6.45) is 8.31. The third-order valence-corrected chi connectivity index (χ3v) is 8.52. The van der Waals surface area contributed by atoms with Crippen LogP contribution in [0.4, 0.5) is 4.39 Å². The minimum absolute atomic E-state index is 0.0434. The van der Waals surface area contributed by atoms with Crippen LogP contribution in [0.1, 0.15) is 62.6 Å². The van der Waals surface area contributed by atoms with Crippen molar-refractivity contribution in [3.63, 3.8) is 0 Å². The molecule has 5 rings (SSSR count). The molecule has 1 fully saturated rings. The fourth-order valence-electron chi connectivity index (χ4n) is 5.99. The number of H-pyrrole nitrogens is 1. The summed E-state index contributed by atoms with van der Waals surface area (Å²) in [5, 5.41) is 15.1. The Labute approximate surface area is 261 Å². The molecular formula is C33H41ClFN7O2. The van der Waals surface area contributed by atoms with E-state index in [4.69, 9.17) is 27.5 Å². The predicted molar refractivity (Wildman–Crippen MR) is 174 cm³/mol. The van der Waals surface area contributed by atoms with Gasteiger partial charge in [-0.2, -0.15) is 4.98 Å². The van der Waals surface area contributed by atoms with Crippen molar-refractivity contribution in [2.45, 2.75) is 70.0 Å². The number of nitrogens with one attached hydrogen (secondary N) is 4. The molecule has 1 saturated heterocycles. The normalized spacial score (nSPS) is 17.6. The number of methoxy groups -OCH3 is 1. The van der Waals surface area contributed by atoms with E-state index in [-0.39, 0.29) is 17.1 Å². The van der Waals surface area contributed by atoms with Crippen LogP contribution in [0.2, 0.25) is 5.02 Å². The highest BCUT2D eigenvalue weighted by molar-refractivity contribution is 6.31. The summed E-state index contributed by atoms with van der Waals surface area (Å²) in [6, 6.07) is 13.8. The van der Waals surface area contributed by atoms with Crippen molar-refractivity contribution in [2.75, 3.05) is 20.3 Å². The number of aromatic nitrogens is 3. The monoisotopic (exact) mass is 621 g/mol. The van der Waals surface area contributed by atoms with Gasteiger partial charge in [-0.1, -0.05) is 30.2 Å². The number of benzene rings is 2. The van der Waals surface area contributed by atoms with Crippen molar-refractivity contribution < 1.29 is 9.13 Å². The van der Waals surface area contributed by atoms with Crippen LogP contribution >= 0.6 is 11.6 Å². The van der Waals surface area contributed by atoms with Crippen LogP contribution in [0.25, 0.3) is 28.0 Å². The maximum absolute atomic E-state index is 15.2. The molecule has 0 radical (unpaired) electrons. The number of piperidine rings is 1. The Kier molecular flexibility index (Phi) is 10.5. The Morgan fingerprint density at radius 2 is 2.07 bits per heavy atom. The molecule has 4 aromatic rings. The molecule has 0 aliphatic carbocycles. The van der Waals surface area contributed by atoms with Gasteiger partial charge in [0, 0.05) is 48.9 Å². The van der Waals surface area contributed by atoms with Crippen molar-refractivity contribution in [1.82, 2.24) is 25.2 Å². The lowest BCUT2D eigenvalue weighted by Crippen LogP contribution is -2.39. The molecule has 9 nitrogen and oxygen atoms in total. The molecule has 1 aliphatic rings. The van der Waals surface area contributed by atoms with E-state index < -0.39 is 11.5 Å². The Morgan fingerprint density at radius 1 is 1.27 bits per heavy atom. The van der Waals surface area contributed by atoms with Gasteiger partial charge in [0.1, 0.15) is 5.65 Å². The number of hydrogen-bond acceptors (Lipinski definition) is 6. The number of aryl methyl sites for hydroxylation is 1. The number of nitrogens with two attached hydrogens (primary N) is 1. The summed E-state index contributed by atoms with van der Waals surface area (Å²) in [6.45, 7) is 3.03. The molecule has 2 aromatic carbocycles. The smallest absolute Gasteiger partial charge is 0.354 e. The maximum atomic E-state index is 15.2. The van der Waals surface area contributed by atoms with Crippen molar-refractivity contribution in [2.24, 2.45) is 5.73 Å². The van der Waals surface area contributed by atoms with E-state index in [1.807, 2.05) is 12.1 Å². The molecule has 0 saturated carbocycles. The van der Waals surface area contributed by atoms with Crippen LogP contribution in [0, 0.1) is 11.2 Å². The minimum Gasteiger partial charge on any atom is -0.383 e. The van der Waals surface area contributed by atoms with E-state index in [2.05, 4.69) is 32.7 Å². The lowest BCUT2D eigenvalue weighted by atomic mass is 9.92. The first-order valence-corrected chi connectivity index (χ1v) is 15.6. The van der Waals surface area contributed by atoms with Gasteiger partial charge in [0.25, 0.3) is 0 Å². The first-order valence-electron chi connectivity index (χ1n) is 15.2. The Hall–Kier alpha value is -3.57. The molecule has 234 valence electrons. The van der Waals surface area contributed by atoms with Gasteiger partial charge < -0.3 is 26.1 Å². The molecule has 0 bridgehead atoms. The first kappa shape index (κ1) is 31.8. The second-order valence-corrected chi connectivity index (χ2v) is 12.1. The summed E-state index contributed by atoms with van der Waals surface area (Å²) in [5.41, 5.74) is 9.61. The van der Waals surface area contributed by atoms with E-state index in [1.54, 1.807) is 38.4 Å². The molecule has 44 heavy (non-hydrogen) atoms. The number of amidine groups is 1. The molecule has 2 aromatic heterocycles. The van der Waals surface area contributed by atoms with E-state index >= 15 is 4.39 Å². The maximum Gasteiger partial charge on any atom is 0.354 e. The third kappa shape index (κ3) is 7.74. The van der Waals surface area contributed by atoms with Gasteiger partial charge >= 0.3 is 5.69 Å². The largest absolute Gasteiger partial charge is 0.383 e. The number of hydrogen-bond donors (Lipinski definition) is 5. The van der Waals surface area contributed by atoms with Crippen molar-refractivity contribution >= 4 is 28.5 Å². The van der Waals surface area contributed by atoms with Crippen LogP contribution < -0.4 is 22.1 Å². The average Bonchev–Trinajstić information content (AvgIpc) is 3.41. The van der Waals surface area contributed by atoms with Crippen LogP contribution in [0.15, 0.2) is 53.5 Å². The number of aromatic amines is 1. The van der Waals surface area contributed by atoms with Crippen molar-refractivity contribution in [1.29, 1.82) is 5.41 Å². The molecule has 3 heterocycles. The number of ether oxygens (including phenoxy) is 1. The van der Waals surface area contributed by atoms with Gasteiger partial charge in [0.15, 0.2) is 5.82 Å². The Morgan fingerprint density at radius 3 is 2.82 bits per heavy atom. The fourth-order valence-corrected chi connectivity index (χ4v) is 6.23. The third-order valence-electron chi connectivity index (χ3n) is 8.25. The summed E-state index contributed by atoms with van der Waals surface area (Å²) in [7, 11) is 1.63. The molecule has 11 heteroatoms. The van der Waals surface area contributed by atoms with Crippen LogP contribution in [0.3, 0.4) is 0 Å². The fraction of sp³-hybridized carbons (Fsp3) is 0.424.